The predicted molar refractivity (Wildman–Crippen MR) is 71.6 cm³/mol. The van der Waals surface area contributed by atoms with Crippen LogP contribution in [0.15, 0.2) is 24.4 Å². The molecule has 0 unspecified atom stereocenters. The second-order valence-corrected chi connectivity index (χ2v) is 6.52. The largest absolute Gasteiger partial charge is 0.271 e. The van der Waals surface area contributed by atoms with Gasteiger partial charge < -0.3 is 0 Å². The Hall–Kier alpha value is -1.16. The van der Waals surface area contributed by atoms with Crippen molar-refractivity contribution in [2.75, 3.05) is 6.26 Å². The van der Waals surface area contributed by atoms with Gasteiger partial charge in [0.15, 0.2) is 0 Å². The van der Waals surface area contributed by atoms with Crippen LogP contribution in [0.2, 0.25) is 0 Å². The van der Waals surface area contributed by atoms with Gasteiger partial charge in [0.05, 0.1) is 16.7 Å². The molecule has 0 saturated heterocycles. The lowest BCUT2D eigenvalue weighted by Crippen LogP contribution is -2.08. The first-order valence-corrected chi connectivity index (χ1v) is 7.39. The summed E-state index contributed by atoms with van der Waals surface area (Å²) in [6, 6.07) is 4.17. The standard InChI is InChI=1S/C9H7IN2O4S/c1-17(15,16)11-5-8(10)7-3-2-6(12(13)14)4-9(7)11/h2-5H,1H3. The van der Waals surface area contributed by atoms with Gasteiger partial charge in [-0.15, -0.1) is 0 Å². The van der Waals surface area contributed by atoms with E-state index in [4.69, 9.17) is 0 Å². The van der Waals surface area contributed by atoms with Crippen LogP contribution in [0.5, 0.6) is 0 Å². The minimum atomic E-state index is -3.46. The monoisotopic (exact) mass is 366 g/mol. The topological polar surface area (TPSA) is 82.2 Å². The van der Waals surface area contributed by atoms with Crippen LogP contribution in [0.4, 0.5) is 5.69 Å². The van der Waals surface area contributed by atoms with Crippen LogP contribution in [0.1, 0.15) is 0 Å². The molecule has 0 bridgehead atoms. The van der Waals surface area contributed by atoms with Crippen LogP contribution in [0, 0.1) is 13.7 Å². The number of benzene rings is 1. The highest BCUT2D eigenvalue weighted by molar-refractivity contribution is 14.1. The molecule has 8 heteroatoms. The Morgan fingerprint density at radius 3 is 2.59 bits per heavy atom. The average molecular weight is 366 g/mol. The third kappa shape index (κ3) is 2.14. The van der Waals surface area contributed by atoms with Gasteiger partial charge in [0.1, 0.15) is 0 Å². The summed E-state index contributed by atoms with van der Waals surface area (Å²) in [5.41, 5.74) is 0.197. The van der Waals surface area contributed by atoms with Crippen LogP contribution >= 0.6 is 22.6 Å². The highest BCUT2D eigenvalue weighted by atomic mass is 127. The maximum atomic E-state index is 11.5. The van der Waals surface area contributed by atoms with Gasteiger partial charge in [-0.25, -0.2) is 12.4 Å². The van der Waals surface area contributed by atoms with Crippen molar-refractivity contribution in [3.63, 3.8) is 0 Å². The summed E-state index contributed by atoms with van der Waals surface area (Å²) < 4.78 is 24.8. The Morgan fingerprint density at radius 2 is 2.06 bits per heavy atom. The molecule has 2 aromatic rings. The maximum absolute atomic E-state index is 11.5. The fraction of sp³-hybridized carbons (Fsp3) is 0.111. The number of fused-ring (bicyclic) bond motifs is 1. The summed E-state index contributed by atoms with van der Waals surface area (Å²) in [5, 5.41) is 11.3. The maximum Gasteiger partial charge on any atom is 0.271 e. The molecule has 90 valence electrons. The molecule has 0 atom stereocenters. The first-order chi connectivity index (χ1) is 7.80. The molecule has 0 fully saturated rings. The smallest absolute Gasteiger partial charge is 0.258 e. The molecule has 2 rings (SSSR count). The van der Waals surface area contributed by atoms with E-state index in [-0.39, 0.29) is 5.69 Å². The van der Waals surface area contributed by atoms with E-state index < -0.39 is 14.9 Å². The summed E-state index contributed by atoms with van der Waals surface area (Å²) >= 11 is 1.99. The average Bonchev–Trinajstić information content (AvgIpc) is 2.55. The minimum Gasteiger partial charge on any atom is -0.258 e. The fourth-order valence-corrected chi connectivity index (χ4v) is 3.26. The summed E-state index contributed by atoms with van der Waals surface area (Å²) in [4.78, 5) is 10.1. The number of rotatable bonds is 2. The number of nitro groups is 1. The Bertz CT molecular complexity index is 720. The van der Waals surface area contributed by atoms with Crippen LogP contribution in [0.3, 0.4) is 0 Å². The highest BCUT2D eigenvalue weighted by Crippen LogP contribution is 2.27. The molecule has 17 heavy (non-hydrogen) atoms. The normalized spacial score (nSPS) is 11.9. The number of nitro benzene ring substituents is 1. The van der Waals surface area contributed by atoms with Crippen molar-refractivity contribution in [1.29, 1.82) is 0 Å². The molecule has 1 aromatic carbocycles. The molecule has 0 amide bonds. The summed E-state index contributed by atoms with van der Waals surface area (Å²) in [6.45, 7) is 0. The molecule has 0 aliphatic carbocycles. The number of nitrogens with zero attached hydrogens (tertiary/aromatic N) is 2. The van der Waals surface area contributed by atoms with Gasteiger partial charge in [0.25, 0.3) is 5.69 Å². The Kier molecular flexibility index (Phi) is 2.86. The van der Waals surface area contributed by atoms with Crippen LogP contribution < -0.4 is 0 Å². The van der Waals surface area contributed by atoms with Gasteiger partial charge >= 0.3 is 0 Å². The van der Waals surface area contributed by atoms with Gasteiger partial charge in [-0.1, -0.05) is 0 Å². The van der Waals surface area contributed by atoms with Gasteiger partial charge in [0.2, 0.25) is 10.0 Å². The second kappa shape index (κ2) is 3.95. The quantitative estimate of drug-likeness (QED) is 0.462. The van der Waals surface area contributed by atoms with Gasteiger partial charge in [-0.2, -0.15) is 0 Å². The number of non-ortho nitro benzene ring substituents is 1. The molecule has 0 spiro atoms. The van der Waals surface area contributed by atoms with E-state index in [1.165, 1.54) is 18.3 Å². The van der Waals surface area contributed by atoms with E-state index in [9.17, 15) is 18.5 Å². The molecule has 0 saturated carbocycles. The number of halogens is 1. The SMILES string of the molecule is CS(=O)(=O)n1cc(I)c2ccc([N+](=O)[O-])cc21. The Balaban J connectivity index is 2.87. The third-order valence-electron chi connectivity index (χ3n) is 2.27. The Labute approximate surface area is 111 Å². The zero-order valence-electron chi connectivity index (χ0n) is 8.62. The van der Waals surface area contributed by atoms with Crippen molar-refractivity contribution in [2.24, 2.45) is 0 Å². The molecular weight excluding hydrogens is 359 g/mol. The summed E-state index contributed by atoms with van der Waals surface area (Å²) in [6.07, 6.45) is 2.51. The van der Waals surface area contributed by atoms with Crippen molar-refractivity contribution in [2.45, 2.75) is 0 Å². The van der Waals surface area contributed by atoms with Gasteiger partial charge in [-0.05, 0) is 28.7 Å². The molecule has 0 N–H and O–H groups in total. The van der Waals surface area contributed by atoms with E-state index in [1.54, 1.807) is 6.07 Å². The first-order valence-electron chi connectivity index (χ1n) is 4.46. The lowest BCUT2D eigenvalue weighted by atomic mass is 10.2. The van der Waals surface area contributed by atoms with Gasteiger partial charge in [-0.3, -0.25) is 10.1 Å². The van der Waals surface area contributed by atoms with Crippen molar-refractivity contribution >= 4 is 49.2 Å². The Morgan fingerprint density at radius 1 is 1.41 bits per heavy atom. The van der Waals surface area contributed by atoms with E-state index >= 15 is 0 Å². The fourth-order valence-electron chi connectivity index (χ4n) is 1.53. The summed E-state index contributed by atoms with van der Waals surface area (Å²) in [5.74, 6) is 0. The number of aromatic nitrogens is 1. The lowest BCUT2D eigenvalue weighted by Gasteiger charge is -2.00. The van der Waals surface area contributed by atoms with E-state index in [2.05, 4.69) is 0 Å². The zero-order chi connectivity index (χ0) is 12.8. The van der Waals surface area contributed by atoms with Gasteiger partial charge in [0, 0.05) is 27.3 Å². The number of hydrogen-bond acceptors (Lipinski definition) is 4. The first kappa shape index (κ1) is 12.3. The van der Waals surface area contributed by atoms with Crippen LogP contribution in [0.25, 0.3) is 10.9 Å². The third-order valence-corrected chi connectivity index (χ3v) is 4.15. The lowest BCUT2D eigenvalue weighted by molar-refractivity contribution is -0.384. The molecular formula is C9H7IN2O4S. The summed E-state index contributed by atoms with van der Waals surface area (Å²) in [7, 11) is -3.46. The zero-order valence-corrected chi connectivity index (χ0v) is 11.6. The number of hydrogen-bond donors (Lipinski definition) is 0. The molecule has 0 aliphatic heterocycles. The van der Waals surface area contributed by atoms with Crippen molar-refractivity contribution in [1.82, 2.24) is 3.97 Å². The minimum absolute atomic E-state index is 0.128. The second-order valence-electron chi connectivity index (χ2n) is 3.49. The highest BCUT2D eigenvalue weighted by Gasteiger charge is 2.16. The molecule has 1 aromatic heterocycles. The molecule has 0 aliphatic rings. The molecule has 0 radical (unpaired) electrons. The van der Waals surface area contributed by atoms with E-state index in [0.717, 1.165) is 13.8 Å². The van der Waals surface area contributed by atoms with Crippen LogP contribution in [-0.2, 0) is 10.0 Å². The molecule has 6 nitrogen and oxygen atoms in total. The van der Waals surface area contributed by atoms with Crippen molar-refractivity contribution in [3.8, 4) is 0 Å². The van der Waals surface area contributed by atoms with Crippen LogP contribution in [-0.4, -0.2) is 23.6 Å². The predicted octanol–water partition coefficient (Wildman–Crippen LogP) is 1.96. The van der Waals surface area contributed by atoms with E-state index in [0.29, 0.717) is 10.9 Å². The molecule has 1 heterocycles. The van der Waals surface area contributed by atoms with Crippen molar-refractivity contribution < 1.29 is 13.3 Å². The van der Waals surface area contributed by atoms with Crippen molar-refractivity contribution in [3.05, 3.63) is 38.1 Å². The van der Waals surface area contributed by atoms with E-state index in [1.807, 2.05) is 22.6 Å².